The molecule has 0 aromatic rings. The molecule has 6 heteroatoms. The summed E-state index contributed by atoms with van der Waals surface area (Å²) in [4.78, 5) is 25.3. The number of likely N-dealkylation sites (tertiary alicyclic amines) is 1. The van der Waals surface area contributed by atoms with Crippen LogP contribution in [0.1, 0.15) is 40.5 Å². The summed E-state index contributed by atoms with van der Waals surface area (Å²) < 4.78 is 10.3. The van der Waals surface area contributed by atoms with E-state index in [1.807, 2.05) is 0 Å². The van der Waals surface area contributed by atoms with E-state index in [1.54, 1.807) is 27.7 Å². The molecule has 0 spiro atoms. The number of esters is 1. The van der Waals surface area contributed by atoms with Crippen molar-refractivity contribution < 1.29 is 24.2 Å². The minimum Gasteiger partial charge on any atom is -0.466 e. The Morgan fingerprint density at radius 2 is 1.85 bits per heavy atom. The molecule has 1 aliphatic heterocycles. The average molecular weight is 287 g/mol. The number of hydrogen-bond acceptors (Lipinski definition) is 5. The first-order chi connectivity index (χ1) is 9.24. The molecule has 1 saturated heterocycles. The van der Waals surface area contributed by atoms with E-state index in [9.17, 15) is 14.7 Å². The van der Waals surface area contributed by atoms with E-state index in [4.69, 9.17) is 9.47 Å². The first-order valence-electron chi connectivity index (χ1n) is 7.07. The van der Waals surface area contributed by atoms with Gasteiger partial charge in [-0.15, -0.1) is 0 Å². The van der Waals surface area contributed by atoms with Crippen LogP contribution in [0.15, 0.2) is 0 Å². The lowest BCUT2D eigenvalue weighted by atomic mass is 9.98. The summed E-state index contributed by atoms with van der Waals surface area (Å²) in [5, 5.41) is 10.00. The van der Waals surface area contributed by atoms with Gasteiger partial charge in [0, 0.05) is 13.1 Å². The van der Waals surface area contributed by atoms with Crippen molar-refractivity contribution in [2.45, 2.75) is 52.2 Å². The second kappa shape index (κ2) is 6.92. The molecule has 1 N–H and O–H groups in total. The van der Waals surface area contributed by atoms with Gasteiger partial charge in [0.05, 0.1) is 18.6 Å². The highest BCUT2D eigenvalue weighted by Gasteiger charge is 2.33. The highest BCUT2D eigenvalue weighted by atomic mass is 16.6. The Kier molecular flexibility index (Phi) is 5.80. The van der Waals surface area contributed by atoms with E-state index in [2.05, 4.69) is 0 Å². The predicted octanol–water partition coefficient (Wildman–Crippen LogP) is 1.56. The monoisotopic (exact) mass is 287 g/mol. The third kappa shape index (κ3) is 5.00. The fourth-order valence-electron chi connectivity index (χ4n) is 2.12. The molecule has 0 aromatic carbocycles. The van der Waals surface area contributed by atoms with Crippen LogP contribution in [-0.2, 0) is 14.3 Å². The molecule has 6 nitrogen and oxygen atoms in total. The van der Waals surface area contributed by atoms with E-state index < -0.39 is 29.7 Å². The molecule has 0 saturated carbocycles. The number of aliphatic hydroxyl groups excluding tert-OH is 1. The number of carbonyl (C=O) groups excluding carboxylic acids is 2. The second-order valence-electron chi connectivity index (χ2n) is 5.97. The Hall–Kier alpha value is -1.30. The van der Waals surface area contributed by atoms with Crippen LogP contribution in [0.4, 0.5) is 4.79 Å². The maximum absolute atomic E-state index is 12.0. The van der Waals surface area contributed by atoms with Crippen molar-refractivity contribution in [3.05, 3.63) is 0 Å². The van der Waals surface area contributed by atoms with Crippen LogP contribution in [0, 0.1) is 5.92 Å². The van der Waals surface area contributed by atoms with Crippen LogP contribution in [0.25, 0.3) is 0 Å². The molecule has 0 aliphatic carbocycles. The van der Waals surface area contributed by atoms with Gasteiger partial charge >= 0.3 is 12.1 Å². The van der Waals surface area contributed by atoms with Gasteiger partial charge in [-0.05, 0) is 40.5 Å². The van der Waals surface area contributed by atoms with E-state index in [0.717, 1.165) is 0 Å². The highest BCUT2D eigenvalue weighted by Crippen LogP contribution is 2.21. The van der Waals surface area contributed by atoms with Crippen LogP contribution in [-0.4, -0.2) is 53.5 Å². The van der Waals surface area contributed by atoms with Gasteiger partial charge in [0.25, 0.3) is 0 Å². The number of nitrogens with zero attached hydrogens (tertiary/aromatic N) is 1. The molecule has 1 aliphatic rings. The number of rotatable bonds is 2. The zero-order valence-electron chi connectivity index (χ0n) is 12.7. The van der Waals surface area contributed by atoms with Gasteiger partial charge in [0.15, 0.2) is 0 Å². The Morgan fingerprint density at radius 1 is 1.25 bits per heavy atom. The normalized spacial score (nSPS) is 23.9. The summed E-state index contributed by atoms with van der Waals surface area (Å²) in [6.07, 6.45) is -0.446. The predicted molar refractivity (Wildman–Crippen MR) is 73.2 cm³/mol. The Balaban J connectivity index is 2.61. The quantitative estimate of drug-likeness (QED) is 0.780. The minimum atomic E-state index is -0.776. The smallest absolute Gasteiger partial charge is 0.410 e. The summed E-state index contributed by atoms with van der Waals surface area (Å²) >= 11 is 0. The Morgan fingerprint density at radius 3 is 2.40 bits per heavy atom. The molecule has 116 valence electrons. The highest BCUT2D eigenvalue weighted by molar-refractivity contribution is 5.73. The molecule has 20 heavy (non-hydrogen) atoms. The summed E-state index contributed by atoms with van der Waals surface area (Å²) in [6, 6.07) is 0. The number of ether oxygens (including phenoxy) is 2. The first kappa shape index (κ1) is 16.8. The van der Waals surface area contributed by atoms with Crippen molar-refractivity contribution in [3.8, 4) is 0 Å². The summed E-state index contributed by atoms with van der Waals surface area (Å²) in [6.45, 7) is 8.20. The second-order valence-corrected chi connectivity index (χ2v) is 5.97. The standard InChI is InChI=1S/C14H25NO5/c1-5-19-12(17)10-6-8-15(9-7-11(10)16)13(18)20-14(2,3)4/h10-11,16H,5-9H2,1-4H3/t10-,11-/m1/s1. The Labute approximate surface area is 120 Å². The van der Waals surface area contributed by atoms with Gasteiger partial charge in [-0.25, -0.2) is 4.79 Å². The van der Waals surface area contributed by atoms with Crippen molar-refractivity contribution in [1.29, 1.82) is 0 Å². The molecule has 0 radical (unpaired) electrons. The van der Waals surface area contributed by atoms with Gasteiger partial charge in [-0.3, -0.25) is 4.79 Å². The maximum atomic E-state index is 12.0. The van der Waals surface area contributed by atoms with Crippen LogP contribution in [0.5, 0.6) is 0 Å². The molecule has 1 amide bonds. The Bertz CT molecular complexity index is 350. The third-order valence-electron chi connectivity index (χ3n) is 3.11. The minimum absolute atomic E-state index is 0.290. The third-order valence-corrected chi connectivity index (χ3v) is 3.11. The SMILES string of the molecule is CCOC(=O)[C@@H]1CCN(C(=O)OC(C)(C)C)CC[C@H]1O. The van der Waals surface area contributed by atoms with Gasteiger partial charge in [-0.2, -0.15) is 0 Å². The van der Waals surface area contributed by atoms with Crippen molar-refractivity contribution >= 4 is 12.1 Å². The van der Waals surface area contributed by atoms with E-state index in [-0.39, 0.29) is 6.61 Å². The number of amides is 1. The lowest BCUT2D eigenvalue weighted by Crippen LogP contribution is -2.37. The maximum Gasteiger partial charge on any atom is 0.410 e. The molecular formula is C14H25NO5. The summed E-state index contributed by atoms with van der Waals surface area (Å²) in [7, 11) is 0. The molecule has 0 unspecified atom stereocenters. The summed E-state index contributed by atoms with van der Waals surface area (Å²) in [5.41, 5.74) is -0.553. The lowest BCUT2D eigenvalue weighted by molar-refractivity contribution is -0.152. The molecule has 1 heterocycles. The van der Waals surface area contributed by atoms with Gasteiger partial charge in [0.2, 0.25) is 0 Å². The van der Waals surface area contributed by atoms with E-state index in [1.165, 1.54) is 4.90 Å². The van der Waals surface area contributed by atoms with E-state index >= 15 is 0 Å². The lowest BCUT2D eigenvalue weighted by Gasteiger charge is -2.26. The van der Waals surface area contributed by atoms with Gasteiger partial charge < -0.3 is 19.5 Å². The van der Waals surface area contributed by atoms with Crippen LogP contribution in [0.2, 0.25) is 0 Å². The van der Waals surface area contributed by atoms with Crippen LogP contribution < -0.4 is 0 Å². The zero-order valence-corrected chi connectivity index (χ0v) is 12.7. The largest absolute Gasteiger partial charge is 0.466 e. The topological polar surface area (TPSA) is 76.1 Å². The fraction of sp³-hybridized carbons (Fsp3) is 0.857. The summed E-state index contributed by atoms with van der Waals surface area (Å²) in [5.74, 6) is -0.964. The average Bonchev–Trinajstić information content (AvgIpc) is 2.49. The number of aliphatic hydroxyl groups is 1. The first-order valence-corrected chi connectivity index (χ1v) is 7.07. The van der Waals surface area contributed by atoms with Gasteiger partial charge in [0.1, 0.15) is 5.60 Å². The fourth-order valence-corrected chi connectivity index (χ4v) is 2.12. The number of hydrogen-bond donors (Lipinski definition) is 1. The van der Waals surface area contributed by atoms with Gasteiger partial charge in [-0.1, -0.05) is 0 Å². The van der Waals surface area contributed by atoms with Crippen LogP contribution in [0.3, 0.4) is 0 Å². The van der Waals surface area contributed by atoms with E-state index in [0.29, 0.717) is 25.9 Å². The number of carbonyl (C=O) groups is 2. The zero-order chi connectivity index (χ0) is 15.3. The van der Waals surface area contributed by atoms with Crippen molar-refractivity contribution in [1.82, 2.24) is 4.90 Å². The van der Waals surface area contributed by atoms with Crippen molar-refractivity contribution in [3.63, 3.8) is 0 Å². The molecule has 0 bridgehead atoms. The van der Waals surface area contributed by atoms with Crippen LogP contribution >= 0.6 is 0 Å². The van der Waals surface area contributed by atoms with Crippen molar-refractivity contribution in [2.24, 2.45) is 5.92 Å². The molecule has 2 atom stereocenters. The molecule has 1 rings (SSSR count). The molecule has 0 aromatic heterocycles. The molecule has 1 fully saturated rings. The molecular weight excluding hydrogens is 262 g/mol. The van der Waals surface area contributed by atoms with Crippen molar-refractivity contribution in [2.75, 3.05) is 19.7 Å².